The van der Waals surface area contributed by atoms with Gasteiger partial charge in [0.1, 0.15) is 6.23 Å². The van der Waals surface area contributed by atoms with Crippen LogP contribution >= 0.6 is 8.60 Å². The quantitative estimate of drug-likeness (QED) is 0.325. The standard InChI is InChI=1S/C6H16NO3P/c1-2-3-4-5-6(7)10-11(8)9/h6,8-9H,2-5,7H2,1H3. The minimum absolute atomic E-state index is 0.525. The second kappa shape index (κ2) is 6.95. The van der Waals surface area contributed by atoms with E-state index >= 15 is 0 Å². The average Bonchev–Trinajstić information content (AvgIpc) is 1.86. The molecule has 1 atom stereocenters. The average molecular weight is 181 g/mol. The Morgan fingerprint density at radius 3 is 2.55 bits per heavy atom. The Bertz CT molecular complexity index is 91.9. The first-order chi connectivity index (χ1) is 5.16. The van der Waals surface area contributed by atoms with E-state index in [2.05, 4.69) is 11.4 Å². The molecule has 0 saturated carbocycles. The van der Waals surface area contributed by atoms with Crippen LogP contribution in [-0.2, 0) is 4.52 Å². The molecule has 4 nitrogen and oxygen atoms in total. The number of hydrogen-bond acceptors (Lipinski definition) is 4. The summed E-state index contributed by atoms with van der Waals surface area (Å²) in [5.74, 6) is 0. The maximum absolute atomic E-state index is 8.40. The van der Waals surface area contributed by atoms with E-state index in [0.29, 0.717) is 6.42 Å². The number of rotatable bonds is 6. The Morgan fingerprint density at radius 2 is 2.09 bits per heavy atom. The zero-order valence-electron chi connectivity index (χ0n) is 6.73. The minimum atomic E-state index is -2.29. The molecule has 68 valence electrons. The largest absolute Gasteiger partial charge is 0.328 e. The SMILES string of the molecule is CCCCCC(N)OP(O)O. The molecular weight excluding hydrogens is 165 g/mol. The van der Waals surface area contributed by atoms with Crippen molar-refractivity contribution in [2.75, 3.05) is 0 Å². The van der Waals surface area contributed by atoms with Gasteiger partial charge in [0, 0.05) is 0 Å². The molecule has 0 aliphatic rings. The third-order valence-corrected chi connectivity index (χ3v) is 1.78. The van der Waals surface area contributed by atoms with Crippen molar-refractivity contribution in [3.05, 3.63) is 0 Å². The highest BCUT2D eigenvalue weighted by Crippen LogP contribution is 2.26. The molecule has 1 unspecified atom stereocenters. The molecule has 0 heterocycles. The second-order valence-electron chi connectivity index (χ2n) is 2.39. The molecule has 0 aromatic carbocycles. The van der Waals surface area contributed by atoms with Crippen LogP contribution < -0.4 is 5.73 Å². The molecule has 4 N–H and O–H groups in total. The van der Waals surface area contributed by atoms with Crippen molar-refractivity contribution >= 4 is 8.60 Å². The lowest BCUT2D eigenvalue weighted by Gasteiger charge is -2.11. The zero-order valence-corrected chi connectivity index (χ0v) is 7.63. The predicted octanol–water partition coefficient (Wildman–Crippen LogP) is 1.08. The van der Waals surface area contributed by atoms with Gasteiger partial charge in [0.25, 0.3) is 0 Å². The van der Waals surface area contributed by atoms with Crippen LogP contribution in [0.2, 0.25) is 0 Å². The highest BCUT2D eigenvalue weighted by atomic mass is 31.2. The fourth-order valence-corrected chi connectivity index (χ4v) is 1.12. The van der Waals surface area contributed by atoms with Gasteiger partial charge >= 0.3 is 8.60 Å². The lowest BCUT2D eigenvalue weighted by molar-refractivity contribution is 0.165. The van der Waals surface area contributed by atoms with Crippen LogP contribution in [0.15, 0.2) is 0 Å². The predicted molar refractivity (Wildman–Crippen MR) is 44.6 cm³/mol. The van der Waals surface area contributed by atoms with E-state index in [-0.39, 0.29) is 0 Å². The minimum Gasteiger partial charge on any atom is -0.328 e. The van der Waals surface area contributed by atoms with Crippen molar-refractivity contribution in [3.8, 4) is 0 Å². The summed E-state index contributed by atoms with van der Waals surface area (Å²) in [6.45, 7) is 2.09. The summed E-state index contributed by atoms with van der Waals surface area (Å²) < 4.78 is 4.55. The molecule has 0 rings (SSSR count). The maximum Gasteiger partial charge on any atom is 0.328 e. The summed E-state index contributed by atoms with van der Waals surface area (Å²) >= 11 is 0. The first-order valence-electron chi connectivity index (χ1n) is 3.77. The van der Waals surface area contributed by atoms with Crippen LogP contribution in [-0.4, -0.2) is 16.0 Å². The highest BCUT2D eigenvalue weighted by Gasteiger charge is 2.07. The van der Waals surface area contributed by atoms with Crippen molar-refractivity contribution in [2.45, 2.75) is 38.8 Å². The highest BCUT2D eigenvalue weighted by molar-refractivity contribution is 7.39. The molecule has 11 heavy (non-hydrogen) atoms. The monoisotopic (exact) mass is 181 g/mol. The smallest absolute Gasteiger partial charge is 0.328 e. The first kappa shape index (κ1) is 11.3. The summed E-state index contributed by atoms with van der Waals surface area (Å²) in [6, 6.07) is 0. The van der Waals surface area contributed by atoms with E-state index in [1.54, 1.807) is 0 Å². The summed E-state index contributed by atoms with van der Waals surface area (Å²) in [4.78, 5) is 16.8. The Balaban J connectivity index is 3.15. The van der Waals surface area contributed by atoms with E-state index in [0.717, 1.165) is 19.3 Å². The molecule has 0 amide bonds. The molecule has 0 bridgehead atoms. The molecule has 0 saturated heterocycles. The molecule has 0 aromatic heterocycles. The van der Waals surface area contributed by atoms with Gasteiger partial charge in [-0.3, -0.25) is 4.52 Å². The van der Waals surface area contributed by atoms with Crippen molar-refractivity contribution in [3.63, 3.8) is 0 Å². The molecule has 0 radical (unpaired) electrons. The van der Waals surface area contributed by atoms with Crippen LogP contribution in [0.4, 0.5) is 0 Å². The summed E-state index contributed by atoms with van der Waals surface area (Å²) in [7, 11) is -2.29. The molecule has 0 spiro atoms. The van der Waals surface area contributed by atoms with Crippen LogP contribution in [0.3, 0.4) is 0 Å². The molecular formula is C6H16NO3P. The molecule has 0 aromatic rings. The maximum atomic E-state index is 8.40. The topological polar surface area (TPSA) is 75.7 Å². The molecule has 5 heteroatoms. The lowest BCUT2D eigenvalue weighted by Crippen LogP contribution is -2.21. The van der Waals surface area contributed by atoms with E-state index < -0.39 is 14.8 Å². The van der Waals surface area contributed by atoms with Gasteiger partial charge in [-0.05, 0) is 12.8 Å². The third kappa shape index (κ3) is 8.17. The van der Waals surface area contributed by atoms with Crippen molar-refractivity contribution in [1.29, 1.82) is 0 Å². The fraction of sp³-hybridized carbons (Fsp3) is 1.00. The van der Waals surface area contributed by atoms with E-state index in [4.69, 9.17) is 15.5 Å². The summed E-state index contributed by atoms with van der Waals surface area (Å²) in [5.41, 5.74) is 5.39. The van der Waals surface area contributed by atoms with E-state index in [9.17, 15) is 0 Å². The van der Waals surface area contributed by atoms with Gasteiger partial charge in [-0.1, -0.05) is 19.8 Å². The van der Waals surface area contributed by atoms with Crippen molar-refractivity contribution in [1.82, 2.24) is 0 Å². The number of nitrogens with two attached hydrogens (primary N) is 1. The lowest BCUT2D eigenvalue weighted by atomic mass is 10.2. The van der Waals surface area contributed by atoms with E-state index in [1.807, 2.05) is 0 Å². The second-order valence-corrected chi connectivity index (χ2v) is 3.11. The number of unbranched alkanes of at least 4 members (excludes halogenated alkanes) is 2. The summed E-state index contributed by atoms with van der Waals surface area (Å²) in [6.07, 6.45) is 3.36. The molecule has 0 aliphatic heterocycles. The van der Waals surface area contributed by atoms with Gasteiger partial charge in [0.2, 0.25) is 0 Å². The van der Waals surface area contributed by atoms with Crippen LogP contribution in [0.25, 0.3) is 0 Å². The van der Waals surface area contributed by atoms with Crippen LogP contribution in [0, 0.1) is 0 Å². The number of hydrogen-bond donors (Lipinski definition) is 3. The van der Waals surface area contributed by atoms with Crippen molar-refractivity contribution < 1.29 is 14.3 Å². The zero-order chi connectivity index (χ0) is 8.69. The Hall–Kier alpha value is 0.270. The van der Waals surface area contributed by atoms with Crippen molar-refractivity contribution in [2.24, 2.45) is 5.73 Å². The van der Waals surface area contributed by atoms with Gasteiger partial charge in [0.05, 0.1) is 0 Å². The van der Waals surface area contributed by atoms with Gasteiger partial charge in [-0.2, -0.15) is 0 Å². The summed E-state index contributed by atoms with van der Waals surface area (Å²) in [5, 5.41) is 0. The Morgan fingerprint density at radius 1 is 1.45 bits per heavy atom. The normalized spacial score (nSPS) is 13.9. The van der Waals surface area contributed by atoms with Crippen LogP contribution in [0.5, 0.6) is 0 Å². The Kier molecular flexibility index (Phi) is 7.12. The molecule has 0 fully saturated rings. The first-order valence-corrected chi connectivity index (χ1v) is 4.93. The van der Waals surface area contributed by atoms with Gasteiger partial charge in [-0.25, -0.2) is 0 Å². The molecule has 0 aliphatic carbocycles. The fourth-order valence-electron chi connectivity index (χ4n) is 0.769. The van der Waals surface area contributed by atoms with Crippen LogP contribution in [0.1, 0.15) is 32.6 Å². The van der Waals surface area contributed by atoms with Gasteiger partial charge in [0.15, 0.2) is 0 Å². The van der Waals surface area contributed by atoms with Gasteiger partial charge < -0.3 is 15.5 Å². The third-order valence-electron chi connectivity index (χ3n) is 1.32. The van der Waals surface area contributed by atoms with E-state index in [1.165, 1.54) is 0 Å². The Labute approximate surface area is 68.4 Å². The van der Waals surface area contributed by atoms with Gasteiger partial charge in [-0.15, -0.1) is 0 Å².